The topological polar surface area (TPSA) is 37.8 Å². The quantitative estimate of drug-likeness (QED) is 0.864. The fraction of sp³-hybridized carbons (Fsp3) is 0.167. The summed E-state index contributed by atoms with van der Waals surface area (Å²) in [5.41, 5.74) is 0.932. The van der Waals surface area contributed by atoms with Gasteiger partial charge in [-0.25, -0.2) is 18.7 Å². The molecule has 0 atom stereocenters. The summed E-state index contributed by atoms with van der Waals surface area (Å²) in [6.45, 7) is 0.666. The van der Waals surface area contributed by atoms with Gasteiger partial charge in [0.1, 0.15) is 11.6 Å². The molecule has 6 heteroatoms. The number of benzene rings is 1. The van der Waals surface area contributed by atoms with E-state index in [9.17, 15) is 8.78 Å². The number of nitrogens with zero attached hydrogens (tertiary/aromatic N) is 2. The van der Waals surface area contributed by atoms with Crippen LogP contribution >= 0.6 is 11.8 Å². The van der Waals surface area contributed by atoms with E-state index in [2.05, 4.69) is 15.3 Å². The first-order valence-corrected chi connectivity index (χ1v) is 6.09. The van der Waals surface area contributed by atoms with E-state index < -0.39 is 11.6 Å². The monoisotopic (exact) mass is 267 g/mol. The average Bonchev–Trinajstić information content (AvgIpc) is 2.37. The summed E-state index contributed by atoms with van der Waals surface area (Å²) in [5, 5.41) is 3.36. The van der Waals surface area contributed by atoms with Crippen molar-refractivity contribution in [3.8, 4) is 0 Å². The van der Waals surface area contributed by atoms with Crippen LogP contribution in [0.3, 0.4) is 0 Å². The summed E-state index contributed by atoms with van der Waals surface area (Å²) in [7, 11) is 1.82. The van der Waals surface area contributed by atoms with E-state index in [-0.39, 0.29) is 4.90 Å². The first-order valence-electron chi connectivity index (χ1n) is 5.27. The van der Waals surface area contributed by atoms with Crippen LogP contribution in [-0.2, 0) is 6.54 Å². The van der Waals surface area contributed by atoms with E-state index in [0.29, 0.717) is 11.7 Å². The molecule has 18 heavy (non-hydrogen) atoms. The lowest BCUT2D eigenvalue weighted by molar-refractivity contribution is 0.577. The van der Waals surface area contributed by atoms with Crippen molar-refractivity contribution in [2.75, 3.05) is 7.05 Å². The third kappa shape index (κ3) is 3.24. The predicted octanol–water partition coefficient (Wildman–Crippen LogP) is 2.63. The van der Waals surface area contributed by atoms with Crippen LogP contribution in [0.25, 0.3) is 0 Å². The maximum Gasteiger partial charge on any atom is 0.192 e. The Morgan fingerprint density at radius 2 is 1.94 bits per heavy atom. The van der Waals surface area contributed by atoms with E-state index in [1.807, 2.05) is 7.05 Å². The Kier molecular flexibility index (Phi) is 4.22. The average molecular weight is 267 g/mol. The normalized spacial score (nSPS) is 10.6. The van der Waals surface area contributed by atoms with Gasteiger partial charge in [0.25, 0.3) is 0 Å². The summed E-state index contributed by atoms with van der Waals surface area (Å²) < 4.78 is 26.4. The summed E-state index contributed by atoms with van der Waals surface area (Å²) in [4.78, 5) is 8.35. The maximum atomic E-state index is 13.4. The lowest BCUT2D eigenvalue weighted by atomic mass is 10.3. The number of halogens is 2. The predicted molar refractivity (Wildman–Crippen MR) is 65.3 cm³/mol. The van der Waals surface area contributed by atoms with Crippen LogP contribution in [0.4, 0.5) is 8.78 Å². The van der Waals surface area contributed by atoms with Crippen molar-refractivity contribution >= 4 is 11.8 Å². The van der Waals surface area contributed by atoms with Gasteiger partial charge in [0, 0.05) is 24.5 Å². The minimum absolute atomic E-state index is 0.177. The lowest BCUT2D eigenvalue weighted by Gasteiger charge is -2.03. The van der Waals surface area contributed by atoms with Gasteiger partial charge in [0.2, 0.25) is 0 Å². The molecule has 0 aliphatic rings. The molecule has 3 nitrogen and oxygen atoms in total. The molecular weight excluding hydrogens is 256 g/mol. The minimum atomic E-state index is -0.482. The highest BCUT2D eigenvalue weighted by Crippen LogP contribution is 2.27. The highest BCUT2D eigenvalue weighted by molar-refractivity contribution is 7.99. The highest BCUT2D eigenvalue weighted by Gasteiger charge is 2.07. The van der Waals surface area contributed by atoms with Gasteiger partial charge in [-0.1, -0.05) is 0 Å². The van der Waals surface area contributed by atoms with Crippen molar-refractivity contribution in [3.63, 3.8) is 0 Å². The fourth-order valence-corrected chi connectivity index (χ4v) is 2.09. The first kappa shape index (κ1) is 12.9. The molecule has 94 valence electrons. The van der Waals surface area contributed by atoms with Gasteiger partial charge in [0.15, 0.2) is 5.16 Å². The number of aromatic nitrogens is 2. The van der Waals surface area contributed by atoms with E-state index in [0.717, 1.165) is 35.5 Å². The molecule has 1 heterocycles. The smallest absolute Gasteiger partial charge is 0.192 e. The van der Waals surface area contributed by atoms with Crippen molar-refractivity contribution in [3.05, 3.63) is 47.8 Å². The first-order chi connectivity index (χ1) is 8.69. The van der Waals surface area contributed by atoms with Crippen LogP contribution in [0, 0.1) is 11.6 Å². The van der Waals surface area contributed by atoms with E-state index in [1.165, 1.54) is 0 Å². The van der Waals surface area contributed by atoms with Crippen LogP contribution in [0.2, 0.25) is 0 Å². The van der Waals surface area contributed by atoms with Crippen LogP contribution in [0.15, 0.2) is 40.6 Å². The van der Waals surface area contributed by atoms with Crippen molar-refractivity contribution in [1.29, 1.82) is 0 Å². The van der Waals surface area contributed by atoms with Gasteiger partial charge in [-0.05, 0) is 37.0 Å². The molecule has 2 aromatic rings. The zero-order valence-corrected chi connectivity index (χ0v) is 10.5. The van der Waals surface area contributed by atoms with E-state index in [1.54, 1.807) is 12.4 Å². The van der Waals surface area contributed by atoms with Crippen LogP contribution in [-0.4, -0.2) is 17.0 Å². The molecule has 0 unspecified atom stereocenters. The molecule has 0 spiro atoms. The second-order valence-electron chi connectivity index (χ2n) is 3.58. The number of hydrogen-bond acceptors (Lipinski definition) is 4. The molecule has 1 aromatic carbocycles. The summed E-state index contributed by atoms with van der Waals surface area (Å²) in [5.74, 6) is -0.963. The van der Waals surface area contributed by atoms with Gasteiger partial charge in [-0.2, -0.15) is 0 Å². The zero-order chi connectivity index (χ0) is 13.0. The molecule has 0 bridgehead atoms. The van der Waals surface area contributed by atoms with E-state index in [4.69, 9.17) is 0 Å². The lowest BCUT2D eigenvalue weighted by Crippen LogP contribution is -2.05. The van der Waals surface area contributed by atoms with Gasteiger partial charge < -0.3 is 5.32 Å². The summed E-state index contributed by atoms with van der Waals surface area (Å²) in [6, 6.07) is 3.30. The second-order valence-corrected chi connectivity index (χ2v) is 4.59. The molecule has 0 aliphatic heterocycles. The number of hydrogen-bond donors (Lipinski definition) is 1. The largest absolute Gasteiger partial charge is 0.316 e. The molecule has 1 aromatic heterocycles. The molecule has 0 amide bonds. The molecular formula is C12H11F2N3S. The molecule has 0 fully saturated rings. The SMILES string of the molecule is CNCc1cnc(Sc2cc(F)ccc2F)nc1. The van der Waals surface area contributed by atoms with Crippen LogP contribution in [0.1, 0.15) is 5.56 Å². The molecule has 1 N–H and O–H groups in total. The zero-order valence-electron chi connectivity index (χ0n) is 9.65. The summed E-state index contributed by atoms with van der Waals surface area (Å²) >= 11 is 0.998. The number of rotatable bonds is 4. The van der Waals surface area contributed by atoms with Crippen LogP contribution < -0.4 is 5.32 Å². The van der Waals surface area contributed by atoms with Crippen molar-refractivity contribution in [1.82, 2.24) is 15.3 Å². The van der Waals surface area contributed by atoms with Crippen molar-refractivity contribution in [2.45, 2.75) is 16.6 Å². The second kappa shape index (κ2) is 5.88. The third-order valence-electron chi connectivity index (χ3n) is 2.16. The Labute approximate surface area is 108 Å². The Balaban J connectivity index is 2.15. The van der Waals surface area contributed by atoms with Crippen LogP contribution in [0.5, 0.6) is 0 Å². The Morgan fingerprint density at radius 3 is 2.61 bits per heavy atom. The third-order valence-corrected chi connectivity index (χ3v) is 3.08. The van der Waals surface area contributed by atoms with Crippen molar-refractivity contribution < 1.29 is 8.78 Å². The maximum absolute atomic E-state index is 13.4. The minimum Gasteiger partial charge on any atom is -0.316 e. The Morgan fingerprint density at radius 1 is 1.22 bits per heavy atom. The Hall–Kier alpha value is -1.53. The molecule has 0 aliphatic carbocycles. The van der Waals surface area contributed by atoms with Crippen molar-refractivity contribution in [2.24, 2.45) is 0 Å². The van der Waals surface area contributed by atoms with E-state index >= 15 is 0 Å². The molecule has 0 saturated carbocycles. The fourth-order valence-electron chi connectivity index (χ4n) is 1.34. The van der Waals surface area contributed by atoms with Gasteiger partial charge in [-0.15, -0.1) is 0 Å². The molecule has 2 rings (SSSR count). The molecule has 0 radical (unpaired) electrons. The van der Waals surface area contributed by atoms with Gasteiger partial charge in [-0.3, -0.25) is 0 Å². The van der Waals surface area contributed by atoms with Gasteiger partial charge in [0.05, 0.1) is 4.90 Å². The van der Waals surface area contributed by atoms with Gasteiger partial charge >= 0.3 is 0 Å². The highest BCUT2D eigenvalue weighted by atomic mass is 32.2. The Bertz CT molecular complexity index is 531. The summed E-state index contributed by atoms with van der Waals surface area (Å²) in [6.07, 6.45) is 3.31. The number of nitrogens with one attached hydrogen (secondary N) is 1. The standard InChI is InChI=1S/C12H11F2N3S/c1-15-5-8-6-16-12(17-7-8)18-11-4-9(13)2-3-10(11)14/h2-4,6-7,15H,5H2,1H3. The molecule has 0 saturated heterocycles.